The maximum atomic E-state index is 12.5. The van der Waals surface area contributed by atoms with Gasteiger partial charge in [0.05, 0.1) is 12.0 Å². The fourth-order valence-electron chi connectivity index (χ4n) is 3.32. The van der Waals surface area contributed by atoms with Crippen LogP contribution in [0, 0.1) is 12.8 Å². The molecule has 3 rings (SSSR count). The van der Waals surface area contributed by atoms with Crippen LogP contribution in [0.2, 0.25) is 0 Å². The van der Waals surface area contributed by atoms with Gasteiger partial charge in [0.1, 0.15) is 5.60 Å². The van der Waals surface area contributed by atoms with Gasteiger partial charge in [0.25, 0.3) is 0 Å². The third-order valence-electron chi connectivity index (χ3n) is 4.61. The van der Waals surface area contributed by atoms with Crippen molar-refractivity contribution >= 4 is 17.6 Å². The van der Waals surface area contributed by atoms with Gasteiger partial charge < -0.3 is 9.47 Å². The highest BCUT2D eigenvalue weighted by atomic mass is 16.6. The average Bonchev–Trinajstić information content (AvgIpc) is 2.54. The molecule has 2 aliphatic rings. The number of rotatable bonds is 1. The summed E-state index contributed by atoms with van der Waals surface area (Å²) >= 11 is 0. The van der Waals surface area contributed by atoms with Gasteiger partial charge in [0.2, 0.25) is 0 Å². The number of benzene rings is 1. The first-order chi connectivity index (χ1) is 11.7. The molecule has 1 amide bonds. The fourth-order valence-corrected chi connectivity index (χ4v) is 3.32. The minimum absolute atomic E-state index is 0.0391. The lowest BCUT2D eigenvalue weighted by Crippen LogP contribution is -2.55. The summed E-state index contributed by atoms with van der Waals surface area (Å²) in [6, 6.07) is 8.07. The number of carbonyl (C=O) groups excluding carboxylic acids is 2. The Morgan fingerprint density at radius 2 is 1.92 bits per heavy atom. The van der Waals surface area contributed by atoms with Crippen LogP contribution >= 0.6 is 0 Å². The molecule has 1 unspecified atom stereocenters. The molecule has 1 aliphatic heterocycles. The summed E-state index contributed by atoms with van der Waals surface area (Å²) in [4.78, 5) is 26.3. The van der Waals surface area contributed by atoms with Crippen molar-refractivity contribution in [1.82, 2.24) is 4.90 Å². The first-order valence-electron chi connectivity index (χ1n) is 8.67. The molecule has 5 heteroatoms. The predicted octanol–water partition coefficient (Wildman–Crippen LogP) is 3.91. The molecule has 1 heterocycles. The van der Waals surface area contributed by atoms with E-state index in [1.807, 2.05) is 27.7 Å². The molecule has 25 heavy (non-hydrogen) atoms. The zero-order valence-electron chi connectivity index (χ0n) is 15.2. The van der Waals surface area contributed by atoms with E-state index in [1.54, 1.807) is 4.90 Å². The van der Waals surface area contributed by atoms with Gasteiger partial charge in [-0.1, -0.05) is 35.9 Å². The van der Waals surface area contributed by atoms with Crippen LogP contribution in [0.15, 0.2) is 30.3 Å². The number of ether oxygens (including phenoxy) is 2. The Kier molecular flexibility index (Phi) is 4.58. The number of hydrogen-bond acceptors (Lipinski definition) is 4. The summed E-state index contributed by atoms with van der Waals surface area (Å²) in [7, 11) is 0. The van der Waals surface area contributed by atoms with E-state index in [2.05, 4.69) is 30.3 Å². The van der Waals surface area contributed by atoms with Crippen LogP contribution in [0.5, 0.6) is 0 Å². The molecule has 1 fully saturated rings. The number of carbonyl (C=O) groups is 2. The van der Waals surface area contributed by atoms with E-state index < -0.39 is 11.7 Å². The van der Waals surface area contributed by atoms with E-state index in [-0.39, 0.29) is 24.7 Å². The minimum Gasteiger partial charge on any atom is -0.444 e. The third kappa shape index (κ3) is 3.86. The lowest BCUT2D eigenvalue weighted by Gasteiger charge is -2.42. The lowest BCUT2D eigenvalue weighted by atomic mass is 9.80. The quantitative estimate of drug-likeness (QED) is 0.726. The van der Waals surface area contributed by atoms with Crippen molar-refractivity contribution in [2.45, 2.75) is 52.2 Å². The zero-order chi connectivity index (χ0) is 18.2. The number of allylic oxidation sites excluding steroid dienone is 1. The highest BCUT2D eigenvalue weighted by Gasteiger charge is 2.44. The SMILES string of the molecule is Cc1ccc(C2=CCC3[C@H](C2)C(=O)OCN3C(=O)OC(C)(C)C)cc1. The van der Waals surface area contributed by atoms with E-state index in [0.29, 0.717) is 12.8 Å². The van der Waals surface area contributed by atoms with Crippen molar-refractivity contribution in [2.24, 2.45) is 5.92 Å². The van der Waals surface area contributed by atoms with Crippen molar-refractivity contribution in [1.29, 1.82) is 0 Å². The Bertz CT molecular complexity index is 699. The van der Waals surface area contributed by atoms with Gasteiger partial charge in [0, 0.05) is 0 Å². The molecule has 1 saturated heterocycles. The number of amides is 1. The highest BCUT2D eigenvalue weighted by molar-refractivity contribution is 5.81. The first kappa shape index (κ1) is 17.5. The van der Waals surface area contributed by atoms with Crippen LogP contribution in [-0.2, 0) is 14.3 Å². The van der Waals surface area contributed by atoms with E-state index in [4.69, 9.17) is 9.47 Å². The van der Waals surface area contributed by atoms with Crippen LogP contribution in [0.1, 0.15) is 44.7 Å². The summed E-state index contributed by atoms with van der Waals surface area (Å²) in [5.41, 5.74) is 2.87. The second-order valence-electron chi connectivity index (χ2n) is 7.75. The van der Waals surface area contributed by atoms with Crippen LogP contribution < -0.4 is 0 Å². The summed E-state index contributed by atoms with van der Waals surface area (Å²) in [6.07, 6.45) is 2.90. The standard InChI is InChI=1S/C20H25NO4/c1-13-5-7-14(8-6-13)15-9-10-17-16(11-15)18(22)24-12-21(17)19(23)25-20(2,3)4/h5-9,16-17H,10-12H2,1-4H3/t16-,17?/m0/s1. The molecular formula is C20H25NO4. The van der Waals surface area contributed by atoms with Crippen molar-refractivity contribution in [3.63, 3.8) is 0 Å². The summed E-state index contributed by atoms with van der Waals surface area (Å²) < 4.78 is 10.7. The lowest BCUT2D eigenvalue weighted by molar-refractivity contribution is -0.167. The second-order valence-corrected chi connectivity index (χ2v) is 7.75. The van der Waals surface area contributed by atoms with Gasteiger partial charge in [-0.2, -0.15) is 0 Å². The average molecular weight is 343 g/mol. The van der Waals surface area contributed by atoms with Crippen LogP contribution in [0.3, 0.4) is 0 Å². The van der Waals surface area contributed by atoms with E-state index in [1.165, 1.54) is 5.56 Å². The molecule has 1 aromatic rings. The maximum Gasteiger partial charge on any atom is 0.413 e. The smallest absolute Gasteiger partial charge is 0.413 e. The molecule has 0 spiro atoms. The molecule has 0 N–H and O–H groups in total. The Morgan fingerprint density at radius 1 is 1.24 bits per heavy atom. The number of aryl methyl sites for hydroxylation is 1. The third-order valence-corrected chi connectivity index (χ3v) is 4.61. The number of fused-ring (bicyclic) bond motifs is 1. The van der Waals surface area contributed by atoms with Crippen molar-refractivity contribution in [3.05, 3.63) is 41.5 Å². The molecule has 0 radical (unpaired) electrons. The van der Waals surface area contributed by atoms with Crippen LogP contribution in [0.4, 0.5) is 4.79 Å². The number of hydrogen-bond donors (Lipinski definition) is 0. The van der Waals surface area contributed by atoms with Gasteiger partial charge in [-0.25, -0.2) is 4.79 Å². The monoisotopic (exact) mass is 343 g/mol. The Hall–Kier alpha value is -2.30. The fraction of sp³-hybridized carbons (Fsp3) is 0.500. The predicted molar refractivity (Wildman–Crippen MR) is 94.7 cm³/mol. The Morgan fingerprint density at radius 3 is 2.56 bits per heavy atom. The molecule has 2 atom stereocenters. The van der Waals surface area contributed by atoms with Gasteiger partial charge in [0.15, 0.2) is 6.73 Å². The van der Waals surface area contributed by atoms with E-state index in [0.717, 1.165) is 11.1 Å². The van der Waals surface area contributed by atoms with Crippen molar-refractivity contribution in [2.75, 3.05) is 6.73 Å². The number of esters is 1. The highest BCUT2D eigenvalue weighted by Crippen LogP contribution is 2.37. The Balaban J connectivity index is 1.81. The van der Waals surface area contributed by atoms with Gasteiger partial charge >= 0.3 is 12.1 Å². The molecule has 1 aliphatic carbocycles. The summed E-state index contributed by atoms with van der Waals surface area (Å²) in [6.45, 7) is 7.49. The normalized spacial score (nSPS) is 23.4. The molecule has 0 aromatic heterocycles. The van der Waals surface area contributed by atoms with Crippen molar-refractivity contribution in [3.8, 4) is 0 Å². The van der Waals surface area contributed by atoms with E-state index >= 15 is 0 Å². The number of cyclic esters (lactones) is 1. The summed E-state index contributed by atoms with van der Waals surface area (Å²) in [5.74, 6) is -0.579. The largest absolute Gasteiger partial charge is 0.444 e. The summed E-state index contributed by atoms with van der Waals surface area (Å²) in [5, 5.41) is 0. The maximum absolute atomic E-state index is 12.5. The molecular weight excluding hydrogens is 318 g/mol. The van der Waals surface area contributed by atoms with Crippen LogP contribution in [-0.4, -0.2) is 35.3 Å². The van der Waals surface area contributed by atoms with Gasteiger partial charge in [-0.05, 0) is 51.7 Å². The molecule has 5 nitrogen and oxygen atoms in total. The topological polar surface area (TPSA) is 55.8 Å². The van der Waals surface area contributed by atoms with Gasteiger partial charge in [-0.15, -0.1) is 0 Å². The first-order valence-corrected chi connectivity index (χ1v) is 8.67. The zero-order valence-corrected chi connectivity index (χ0v) is 15.2. The molecule has 0 bridgehead atoms. The van der Waals surface area contributed by atoms with E-state index in [9.17, 15) is 9.59 Å². The van der Waals surface area contributed by atoms with Crippen LogP contribution in [0.25, 0.3) is 5.57 Å². The van der Waals surface area contributed by atoms with Crippen molar-refractivity contribution < 1.29 is 19.1 Å². The molecule has 134 valence electrons. The van der Waals surface area contributed by atoms with Gasteiger partial charge in [-0.3, -0.25) is 9.69 Å². The second kappa shape index (κ2) is 6.54. The Labute approximate surface area is 148 Å². The molecule has 1 aromatic carbocycles. The minimum atomic E-state index is -0.578. The molecule has 0 saturated carbocycles. The number of nitrogens with zero attached hydrogens (tertiary/aromatic N) is 1.